The van der Waals surface area contributed by atoms with Crippen molar-refractivity contribution in [2.75, 3.05) is 0 Å². The fourth-order valence-electron chi connectivity index (χ4n) is 2.28. The predicted octanol–water partition coefficient (Wildman–Crippen LogP) is 4.11. The van der Waals surface area contributed by atoms with Crippen molar-refractivity contribution in [3.8, 4) is 0 Å². The second-order valence-corrected chi connectivity index (χ2v) is 6.81. The number of benzene rings is 2. The zero-order valence-corrected chi connectivity index (χ0v) is 13.6. The average Bonchev–Trinajstić information content (AvgIpc) is 2.81. The van der Waals surface area contributed by atoms with Crippen LogP contribution in [0.2, 0.25) is 5.02 Å². The summed E-state index contributed by atoms with van der Waals surface area (Å²) in [5.41, 5.74) is 3.15. The zero-order valence-electron chi connectivity index (χ0n) is 12.0. The van der Waals surface area contributed by atoms with Crippen LogP contribution in [0.1, 0.15) is 11.1 Å². The standard InChI is InChI=1S/C17H15ClN2OS/c1-11-3-2-4-12(9-11)10-15-16(21)20-17(22-15)19-14-7-5-13(18)6-8-14/h2-9,15H,10H2,1H3,(H,19,20,21)/t15-/m1/s1. The van der Waals surface area contributed by atoms with E-state index in [-0.39, 0.29) is 11.2 Å². The van der Waals surface area contributed by atoms with Gasteiger partial charge in [0.05, 0.1) is 10.9 Å². The van der Waals surface area contributed by atoms with Crippen LogP contribution >= 0.6 is 23.4 Å². The van der Waals surface area contributed by atoms with E-state index in [1.807, 2.05) is 18.2 Å². The largest absolute Gasteiger partial charge is 0.304 e. The molecule has 2 aromatic carbocycles. The van der Waals surface area contributed by atoms with Crippen LogP contribution in [0.4, 0.5) is 5.69 Å². The summed E-state index contributed by atoms with van der Waals surface area (Å²) < 4.78 is 0. The van der Waals surface area contributed by atoms with Gasteiger partial charge in [-0.1, -0.05) is 53.2 Å². The lowest BCUT2D eigenvalue weighted by Gasteiger charge is -2.06. The molecule has 0 radical (unpaired) electrons. The maximum atomic E-state index is 12.1. The van der Waals surface area contributed by atoms with Gasteiger partial charge in [0.1, 0.15) is 0 Å². The minimum atomic E-state index is -0.132. The SMILES string of the molecule is Cc1cccc(C[C@H]2SC(=Nc3ccc(Cl)cc3)NC2=O)c1. The van der Waals surface area contributed by atoms with Crippen molar-refractivity contribution in [1.29, 1.82) is 0 Å². The molecule has 1 heterocycles. The molecule has 0 aliphatic carbocycles. The van der Waals surface area contributed by atoms with Crippen molar-refractivity contribution < 1.29 is 4.79 Å². The van der Waals surface area contributed by atoms with Gasteiger partial charge in [0.25, 0.3) is 0 Å². The summed E-state index contributed by atoms with van der Waals surface area (Å²) in [5, 5.41) is 4.03. The summed E-state index contributed by atoms with van der Waals surface area (Å²) in [6, 6.07) is 15.5. The molecule has 0 saturated carbocycles. The Balaban J connectivity index is 1.71. The summed E-state index contributed by atoms with van der Waals surface area (Å²) in [5.74, 6) is 0.0132. The third-order valence-electron chi connectivity index (χ3n) is 3.34. The number of aliphatic imine (C=N–C) groups is 1. The van der Waals surface area contributed by atoms with Gasteiger partial charge in [0, 0.05) is 5.02 Å². The molecule has 3 nitrogen and oxygen atoms in total. The third-order valence-corrected chi connectivity index (χ3v) is 4.67. The molecule has 0 bridgehead atoms. The molecule has 0 spiro atoms. The van der Waals surface area contributed by atoms with Gasteiger partial charge < -0.3 is 5.32 Å². The Morgan fingerprint density at radius 3 is 2.73 bits per heavy atom. The average molecular weight is 331 g/mol. The van der Waals surface area contributed by atoms with E-state index in [1.165, 1.54) is 22.9 Å². The first-order valence-corrected chi connectivity index (χ1v) is 8.23. The highest BCUT2D eigenvalue weighted by Crippen LogP contribution is 2.26. The normalized spacial score (nSPS) is 19.5. The quantitative estimate of drug-likeness (QED) is 0.920. The van der Waals surface area contributed by atoms with E-state index in [0.29, 0.717) is 16.6 Å². The van der Waals surface area contributed by atoms with Crippen LogP contribution in [0.5, 0.6) is 0 Å². The third kappa shape index (κ3) is 3.70. The van der Waals surface area contributed by atoms with Gasteiger partial charge in [-0.25, -0.2) is 4.99 Å². The fourth-order valence-corrected chi connectivity index (χ4v) is 3.43. The number of carbonyl (C=O) groups excluding carboxylic acids is 1. The topological polar surface area (TPSA) is 41.5 Å². The second kappa shape index (κ2) is 6.55. The van der Waals surface area contributed by atoms with Crippen LogP contribution in [0.15, 0.2) is 53.5 Å². The first-order valence-electron chi connectivity index (χ1n) is 6.97. The van der Waals surface area contributed by atoms with Gasteiger partial charge in [-0.3, -0.25) is 4.79 Å². The molecule has 0 unspecified atom stereocenters. The first kappa shape index (κ1) is 15.1. The summed E-state index contributed by atoms with van der Waals surface area (Å²) >= 11 is 7.33. The van der Waals surface area contributed by atoms with E-state index < -0.39 is 0 Å². The lowest BCUT2D eigenvalue weighted by atomic mass is 10.1. The smallest absolute Gasteiger partial charge is 0.239 e. The molecule has 2 aromatic rings. The summed E-state index contributed by atoms with van der Waals surface area (Å²) in [6.45, 7) is 2.05. The van der Waals surface area contributed by atoms with Crippen molar-refractivity contribution in [3.05, 3.63) is 64.7 Å². The number of aryl methyl sites for hydroxylation is 1. The maximum Gasteiger partial charge on any atom is 0.239 e. The van der Waals surface area contributed by atoms with Crippen LogP contribution in [-0.2, 0) is 11.2 Å². The molecule has 1 fully saturated rings. The van der Waals surface area contributed by atoms with Crippen molar-refractivity contribution >= 4 is 40.1 Å². The number of hydrogen-bond acceptors (Lipinski definition) is 3. The van der Waals surface area contributed by atoms with Crippen LogP contribution in [0.3, 0.4) is 0 Å². The lowest BCUT2D eigenvalue weighted by Crippen LogP contribution is -2.25. The Morgan fingerprint density at radius 1 is 1.23 bits per heavy atom. The monoisotopic (exact) mass is 330 g/mol. The van der Waals surface area contributed by atoms with Crippen molar-refractivity contribution in [2.45, 2.75) is 18.6 Å². The Kier molecular flexibility index (Phi) is 4.50. The molecule has 3 rings (SSSR count). The van der Waals surface area contributed by atoms with E-state index in [2.05, 4.69) is 35.4 Å². The first-order chi connectivity index (χ1) is 10.6. The number of nitrogens with zero attached hydrogens (tertiary/aromatic N) is 1. The van der Waals surface area contributed by atoms with Gasteiger partial charge in [-0.15, -0.1) is 0 Å². The molecule has 1 amide bonds. The number of carbonyl (C=O) groups is 1. The minimum absolute atomic E-state index is 0.0132. The summed E-state index contributed by atoms with van der Waals surface area (Å²) in [7, 11) is 0. The van der Waals surface area contributed by atoms with Crippen LogP contribution in [0, 0.1) is 6.92 Å². The van der Waals surface area contributed by atoms with Crippen LogP contribution in [0.25, 0.3) is 0 Å². The molecule has 5 heteroatoms. The number of nitrogens with one attached hydrogen (secondary N) is 1. The highest BCUT2D eigenvalue weighted by molar-refractivity contribution is 8.15. The van der Waals surface area contributed by atoms with Gasteiger partial charge in [-0.05, 0) is 43.2 Å². The Bertz CT molecular complexity index is 728. The van der Waals surface area contributed by atoms with Gasteiger partial charge in [0.15, 0.2) is 5.17 Å². The van der Waals surface area contributed by atoms with Crippen molar-refractivity contribution in [2.24, 2.45) is 4.99 Å². The summed E-state index contributed by atoms with van der Waals surface area (Å²) in [6.07, 6.45) is 0.706. The Hall–Kier alpha value is -1.78. The van der Waals surface area contributed by atoms with Crippen molar-refractivity contribution in [3.63, 3.8) is 0 Å². The maximum absolute atomic E-state index is 12.1. The van der Waals surface area contributed by atoms with Gasteiger partial charge in [0.2, 0.25) is 5.91 Å². The van der Waals surface area contributed by atoms with E-state index >= 15 is 0 Å². The van der Waals surface area contributed by atoms with E-state index in [9.17, 15) is 4.79 Å². The number of hydrogen-bond donors (Lipinski definition) is 1. The molecule has 1 N–H and O–H groups in total. The highest BCUT2D eigenvalue weighted by atomic mass is 35.5. The van der Waals surface area contributed by atoms with Crippen LogP contribution in [-0.4, -0.2) is 16.3 Å². The molecule has 1 aliphatic heterocycles. The lowest BCUT2D eigenvalue weighted by molar-refractivity contribution is -0.118. The Labute approximate surface area is 138 Å². The number of rotatable bonds is 3. The molecular weight excluding hydrogens is 316 g/mol. The number of halogens is 1. The van der Waals surface area contributed by atoms with E-state index in [4.69, 9.17) is 11.6 Å². The zero-order chi connectivity index (χ0) is 15.5. The molecule has 1 saturated heterocycles. The van der Waals surface area contributed by atoms with Crippen LogP contribution < -0.4 is 5.32 Å². The highest BCUT2D eigenvalue weighted by Gasteiger charge is 2.30. The molecule has 1 aliphatic rings. The number of thioether (sulfide) groups is 1. The summed E-state index contributed by atoms with van der Waals surface area (Å²) in [4.78, 5) is 16.5. The molecule has 112 valence electrons. The van der Waals surface area contributed by atoms with Crippen molar-refractivity contribution in [1.82, 2.24) is 5.32 Å². The molecule has 1 atom stereocenters. The minimum Gasteiger partial charge on any atom is -0.304 e. The van der Waals surface area contributed by atoms with Gasteiger partial charge >= 0.3 is 0 Å². The molecule has 0 aromatic heterocycles. The van der Waals surface area contributed by atoms with E-state index in [0.717, 1.165) is 5.69 Å². The second-order valence-electron chi connectivity index (χ2n) is 5.18. The van der Waals surface area contributed by atoms with Gasteiger partial charge in [-0.2, -0.15) is 0 Å². The molecule has 22 heavy (non-hydrogen) atoms. The predicted molar refractivity (Wildman–Crippen MR) is 93.0 cm³/mol. The number of amidine groups is 1. The number of amides is 1. The van der Waals surface area contributed by atoms with E-state index in [1.54, 1.807) is 12.1 Å². The Morgan fingerprint density at radius 2 is 2.00 bits per heavy atom. The fraction of sp³-hybridized carbons (Fsp3) is 0.176. The molecular formula is C17H15ClN2OS.